The summed E-state index contributed by atoms with van der Waals surface area (Å²) in [7, 11) is 0. The van der Waals surface area contributed by atoms with E-state index in [1.807, 2.05) is 57.2 Å². The van der Waals surface area contributed by atoms with Crippen LogP contribution in [0.15, 0.2) is 59.7 Å². The van der Waals surface area contributed by atoms with Gasteiger partial charge in [-0.1, -0.05) is 31.2 Å². The first-order chi connectivity index (χ1) is 12.5. The first kappa shape index (κ1) is 17.6. The summed E-state index contributed by atoms with van der Waals surface area (Å²) in [6, 6.07) is 12.8. The highest BCUT2D eigenvalue weighted by molar-refractivity contribution is 6.04. The van der Waals surface area contributed by atoms with E-state index in [1.165, 1.54) is 6.07 Å². The van der Waals surface area contributed by atoms with E-state index in [0.717, 1.165) is 28.9 Å². The van der Waals surface area contributed by atoms with Crippen LogP contribution >= 0.6 is 0 Å². The summed E-state index contributed by atoms with van der Waals surface area (Å²) in [6.45, 7) is 5.79. The van der Waals surface area contributed by atoms with E-state index in [1.54, 1.807) is 17.0 Å². The van der Waals surface area contributed by atoms with Gasteiger partial charge in [-0.25, -0.2) is 4.98 Å². The fourth-order valence-corrected chi connectivity index (χ4v) is 2.93. The van der Waals surface area contributed by atoms with Crippen LogP contribution in [-0.2, 0) is 6.42 Å². The lowest BCUT2D eigenvalue weighted by Crippen LogP contribution is -2.24. The third kappa shape index (κ3) is 3.42. The van der Waals surface area contributed by atoms with E-state index in [-0.39, 0.29) is 11.0 Å². The number of aromatic nitrogens is 2. The number of carbonyl (C=O) groups is 1. The Morgan fingerprint density at radius 3 is 2.65 bits per heavy atom. The Morgan fingerprint density at radius 1 is 1.15 bits per heavy atom. The largest absolute Gasteiger partial charge is 0.321 e. The zero-order valence-electron chi connectivity index (χ0n) is 15.1. The number of para-hydroxylation sites is 1. The number of hydrogen-bond donors (Lipinski definition) is 1. The van der Waals surface area contributed by atoms with Crippen LogP contribution in [0.2, 0.25) is 0 Å². The van der Waals surface area contributed by atoms with Gasteiger partial charge in [0.2, 0.25) is 0 Å². The highest BCUT2D eigenvalue weighted by atomic mass is 16.2. The topological polar surface area (TPSA) is 64.0 Å². The average Bonchev–Trinajstić information content (AvgIpc) is 2.64. The van der Waals surface area contributed by atoms with Crippen molar-refractivity contribution in [1.29, 1.82) is 0 Å². The van der Waals surface area contributed by atoms with Crippen LogP contribution in [0.4, 0.5) is 5.69 Å². The van der Waals surface area contributed by atoms with E-state index in [9.17, 15) is 9.59 Å². The average molecular weight is 347 g/mol. The van der Waals surface area contributed by atoms with Crippen molar-refractivity contribution in [3.05, 3.63) is 87.5 Å². The second-order valence-corrected chi connectivity index (χ2v) is 6.17. The monoisotopic (exact) mass is 347 g/mol. The number of aryl methyl sites for hydroxylation is 3. The number of nitrogens with one attached hydrogen (secondary N) is 1. The second-order valence-electron chi connectivity index (χ2n) is 6.17. The molecule has 5 nitrogen and oxygen atoms in total. The Labute approximate surface area is 152 Å². The van der Waals surface area contributed by atoms with Gasteiger partial charge in [0.05, 0.1) is 0 Å². The minimum Gasteiger partial charge on any atom is -0.321 e. The molecule has 3 rings (SSSR count). The van der Waals surface area contributed by atoms with Gasteiger partial charge < -0.3 is 9.88 Å². The fourth-order valence-electron chi connectivity index (χ4n) is 2.93. The molecule has 2 heterocycles. The van der Waals surface area contributed by atoms with Gasteiger partial charge >= 0.3 is 0 Å². The highest BCUT2D eigenvalue weighted by Crippen LogP contribution is 2.21. The standard InChI is InChI=1S/C21H21N3O2/c1-4-16-9-7-8-14(2)20(16)23-21(26)17-13-24(15(3)12-18(17)25)19-10-5-6-11-22-19/h5-13H,4H2,1-3H3,(H,23,26). The molecule has 3 aromatic rings. The smallest absolute Gasteiger partial charge is 0.261 e. The summed E-state index contributed by atoms with van der Waals surface area (Å²) in [5.74, 6) is 0.243. The quantitative estimate of drug-likeness (QED) is 0.783. The van der Waals surface area contributed by atoms with Crippen molar-refractivity contribution in [1.82, 2.24) is 9.55 Å². The van der Waals surface area contributed by atoms with Crippen molar-refractivity contribution < 1.29 is 4.79 Å². The normalized spacial score (nSPS) is 10.6. The molecule has 5 heteroatoms. The Kier molecular flexibility index (Phi) is 4.98. The predicted octanol–water partition coefficient (Wildman–Crippen LogP) is 3.66. The maximum atomic E-state index is 12.8. The number of nitrogens with zero attached hydrogens (tertiary/aromatic N) is 2. The van der Waals surface area contributed by atoms with Gasteiger partial charge in [-0.15, -0.1) is 0 Å². The van der Waals surface area contributed by atoms with E-state index in [0.29, 0.717) is 5.82 Å². The van der Waals surface area contributed by atoms with E-state index in [2.05, 4.69) is 10.3 Å². The van der Waals surface area contributed by atoms with Crippen LogP contribution in [0.5, 0.6) is 0 Å². The van der Waals surface area contributed by atoms with Crippen molar-refractivity contribution in [2.75, 3.05) is 5.32 Å². The molecule has 1 N–H and O–H groups in total. The Bertz CT molecular complexity index is 1010. The molecule has 0 spiro atoms. The Hall–Kier alpha value is -3.21. The van der Waals surface area contributed by atoms with Crippen LogP contribution in [0, 0.1) is 13.8 Å². The van der Waals surface area contributed by atoms with E-state index in [4.69, 9.17) is 0 Å². The van der Waals surface area contributed by atoms with Crippen molar-refractivity contribution >= 4 is 11.6 Å². The minimum atomic E-state index is -0.413. The summed E-state index contributed by atoms with van der Waals surface area (Å²) < 4.78 is 1.74. The highest BCUT2D eigenvalue weighted by Gasteiger charge is 2.16. The molecule has 1 amide bonds. The van der Waals surface area contributed by atoms with Gasteiger partial charge in [-0.3, -0.25) is 9.59 Å². The maximum Gasteiger partial charge on any atom is 0.261 e. The van der Waals surface area contributed by atoms with Crippen LogP contribution in [0.25, 0.3) is 5.82 Å². The number of benzene rings is 1. The number of hydrogen-bond acceptors (Lipinski definition) is 3. The zero-order chi connectivity index (χ0) is 18.7. The zero-order valence-corrected chi connectivity index (χ0v) is 15.1. The third-order valence-corrected chi connectivity index (χ3v) is 4.36. The van der Waals surface area contributed by atoms with E-state index >= 15 is 0 Å². The summed E-state index contributed by atoms with van der Waals surface area (Å²) >= 11 is 0. The Balaban J connectivity index is 2.02. The van der Waals surface area contributed by atoms with Gasteiger partial charge in [0.25, 0.3) is 5.91 Å². The molecule has 0 bridgehead atoms. The van der Waals surface area contributed by atoms with Gasteiger partial charge in [0, 0.05) is 29.8 Å². The van der Waals surface area contributed by atoms with Crippen LogP contribution < -0.4 is 10.7 Å². The molecule has 0 aliphatic rings. The molecule has 0 atom stereocenters. The molecule has 1 aromatic carbocycles. The molecule has 0 unspecified atom stereocenters. The number of carbonyl (C=O) groups excluding carboxylic acids is 1. The molecule has 26 heavy (non-hydrogen) atoms. The Morgan fingerprint density at radius 2 is 1.96 bits per heavy atom. The molecule has 0 aliphatic carbocycles. The first-order valence-electron chi connectivity index (χ1n) is 8.55. The van der Waals surface area contributed by atoms with Crippen LogP contribution in [0.3, 0.4) is 0 Å². The van der Waals surface area contributed by atoms with Gasteiger partial charge in [0.15, 0.2) is 5.43 Å². The van der Waals surface area contributed by atoms with Crippen LogP contribution in [0.1, 0.15) is 34.1 Å². The predicted molar refractivity (Wildman–Crippen MR) is 103 cm³/mol. The third-order valence-electron chi connectivity index (χ3n) is 4.36. The number of anilines is 1. The van der Waals surface area contributed by atoms with Gasteiger partial charge in [-0.05, 0) is 43.5 Å². The van der Waals surface area contributed by atoms with E-state index < -0.39 is 5.91 Å². The molecule has 0 saturated heterocycles. The summed E-state index contributed by atoms with van der Waals surface area (Å²) in [5, 5.41) is 2.91. The number of rotatable bonds is 4. The van der Waals surface area contributed by atoms with Crippen molar-refractivity contribution in [2.24, 2.45) is 0 Å². The molecular weight excluding hydrogens is 326 g/mol. The lowest BCUT2D eigenvalue weighted by atomic mass is 10.1. The molecular formula is C21H21N3O2. The minimum absolute atomic E-state index is 0.0894. The van der Waals surface area contributed by atoms with Crippen molar-refractivity contribution in [3.8, 4) is 5.82 Å². The van der Waals surface area contributed by atoms with Crippen molar-refractivity contribution in [2.45, 2.75) is 27.2 Å². The SMILES string of the molecule is CCc1cccc(C)c1NC(=O)c1cn(-c2ccccn2)c(C)cc1=O. The molecule has 0 radical (unpaired) electrons. The summed E-state index contributed by atoms with van der Waals surface area (Å²) in [5.41, 5.74) is 3.27. The van der Waals surface area contributed by atoms with Crippen LogP contribution in [-0.4, -0.2) is 15.5 Å². The molecule has 0 saturated carbocycles. The molecule has 0 fully saturated rings. The van der Waals surface area contributed by atoms with Crippen molar-refractivity contribution in [3.63, 3.8) is 0 Å². The molecule has 0 aliphatic heterocycles. The lowest BCUT2D eigenvalue weighted by molar-refractivity contribution is 0.102. The molecule has 132 valence electrons. The lowest BCUT2D eigenvalue weighted by Gasteiger charge is -2.14. The summed E-state index contributed by atoms with van der Waals surface area (Å²) in [4.78, 5) is 29.5. The fraction of sp³-hybridized carbons (Fsp3) is 0.190. The van der Waals surface area contributed by atoms with Gasteiger partial charge in [0.1, 0.15) is 11.4 Å². The first-order valence-corrected chi connectivity index (χ1v) is 8.55. The molecule has 2 aromatic heterocycles. The maximum absolute atomic E-state index is 12.8. The number of pyridine rings is 2. The number of amides is 1. The van der Waals surface area contributed by atoms with Gasteiger partial charge in [-0.2, -0.15) is 0 Å². The second kappa shape index (κ2) is 7.35. The summed E-state index contributed by atoms with van der Waals surface area (Å²) in [6.07, 6.45) is 4.02.